The number of nitriles is 1. The Bertz CT molecular complexity index is 739. The minimum Gasteiger partial charge on any atom is -0.487 e. The summed E-state index contributed by atoms with van der Waals surface area (Å²) in [5.41, 5.74) is 1.61. The van der Waals surface area contributed by atoms with E-state index in [2.05, 4.69) is 9.99 Å². The number of hydrogen-bond acceptors (Lipinski definition) is 4. The number of halogens is 2. The highest BCUT2D eigenvalue weighted by Crippen LogP contribution is 2.28. The van der Waals surface area contributed by atoms with E-state index < -0.39 is 0 Å². The Morgan fingerprint density at radius 3 is 2.73 bits per heavy atom. The molecular weight excluding hydrogens is 323 g/mol. The molecule has 0 aliphatic carbocycles. The van der Waals surface area contributed by atoms with Gasteiger partial charge in [0.05, 0.1) is 5.02 Å². The summed E-state index contributed by atoms with van der Waals surface area (Å²) in [6, 6.07) is 14.3. The van der Waals surface area contributed by atoms with Gasteiger partial charge in [-0.2, -0.15) is 5.26 Å². The molecule has 0 saturated heterocycles. The van der Waals surface area contributed by atoms with Crippen LogP contribution in [0.1, 0.15) is 11.1 Å². The van der Waals surface area contributed by atoms with E-state index in [-0.39, 0.29) is 12.3 Å². The van der Waals surface area contributed by atoms with Gasteiger partial charge in [-0.05, 0) is 17.7 Å². The van der Waals surface area contributed by atoms with Gasteiger partial charge in [0.2, 0.25) is 0 Å². The maximum Gasteiger partial charge on any atom is 0.187 e. The van der Waals surface area contributed by atoms with E-state index in [9.17, 15) is 0 Å². The maximum atomic E-state index is 9.16. The zero-order valence-corrected chi connectivity index (χ0v) is 13.2. The molecule has 2 aromatic rings. The molecule has 0 unspecified atom stereocenters. The highest BCUT2D eigenvalue weighted by Gasteiger charge is 2.11. The first kappa shape index (κ1) is 16.2. The predicted molar refractivity (Wildman–Crippen MR) is 86.4 cm³/mol. The quantitative estimate of drug-likeness (QED) is 0.599. The second-order valence-electron chi connectivity index (χ2n) is 4.25. The lowest BCUT2D eigenvalue weighted by Crippen LogP contribution is -2.06. The molecule has 0 bridgehead atoms. The normalized spacial score (nSPS) is 10.9. The Morgan fingerprint density at radius 1 is 1.23 bits per heavy atom. The largest absolute Gasteiger partial charge is 0.487 e. The molecule has 0 radical (unpaired) electrons. The minimum absolute atomic E-state index is 0.180. The molecule has 6 heteroatoms. The second-order valence-corrected chi connectivity index (χ2v) is 5.10. The summed E-state index contributed by atoms with van der Waals surface area (Å²) in [6.07, 6.45) is 0. The highest BCUT2D eigenvalue weighted by molar-refractivity contribution is 6.34. The van der Waals surface area contributed by atoms with Crippen molar-refractivity contribution < 1.29 is 9.57 Å². The van der Waals surface area contributed by atoms with Crippen molar-refractivity contribution in [3.8, 4) is 11.8 Å². The van der Waals surface area contributed by atoms with Crippen LogP contribution in [-0.2, 0) is 11.4 Å². The smallest absolute Gasteiger partial charge is 0.187 e. The van der Waals surface area contributed by atoms with Crippen molar-refractivity contribution in [2.45, 2.75) is 6.61 Å². The van der Waals surface area contributed by atoms with Crippen molar-refractivity contribution in [2.24, 2.45) is 5.16 Å². The van der Waals surface area contributed by atoms with Gasteiger partial charge in [-0.25, -0.2) is 0 Å². The van der Waals surface area contributed by atoms with Gasteiger partial charge in [0.1, 0.15) is 25.5 Å². The van der Waals surface area contributed by atoms with Crippen molar-refractivity contribution in [1.82, 2.24) is 0 Å². The molecule has 0 spiro atoms. The van der Waals surface area contributed by atoms with Crippen LogP contribution in [0.4, 0.5) is 0 Å². The first-order chi connectivity index (χ1) is 10.7. The fourth-order valence-electron chi connectivity index (χ4n) is 1.84. The summed E-state index contributed by atoms with van der Waals surface area (Å²) in [5.74, 6) is 0.478. The van der Waals surface area contributed by atoms with E-state index in [0.29, 0.717) is 21.4 Å². The Kier molecular flexibility index (Phi) is 5.65. The lowest BCUT2D eigenvalue weighted by molar-refractivity contribution is 0.214. The number of nitrogens with zero attached hydrogens (tertiary/aromatic N) is 2. The van der Waals surface area contributed by atoms with Crippen LogP contribution in [0, 0.1) is 11.3 Å². The van der Waals surface area contributed by atoms with Crippen molar-refractivity contribution >= 4 is 28.9 Å². The summed E-state index contributed by atoms with van der Waals surface area (Å²) in [5, 5.41) is 13.9. The zero-order valence-electron chi connectivity index (χ0n) is 11.7. The van der Waals surface area contributed by atoms with E-state index in [1.165, 1.54) is 7.11 Å². The van der Waals surface area contributed by atoms with Crippen molar-refractivity contribution in [3.05, 3.63) is 63.6 Å². The molecule has 0 fully saturated rings. The lowest BCUT2D eigenvalue weighted by atomic mass is 10.0. The van der Waals surface area contributed by atoms with E-state index in [1.54, 1.807) is 24.3 Å². The number of benzene rings is 2. The van der Waals surface area contributed by atoms with Gasteiger partial charge in [-0.15, -0.1) is 0 Å². The van der Waals surface area contributed by atoms with E-state index >= 15 is 0 Å². The van der Waals surface area contributed by atoms with Crippen LogP contribution in [0.5, 0.6) is 5.75 Å². The SMILES string of the molecule is CO/N=C(/C#N)c1ccccc1COc1cc(Cl)ccc1Cl. The summed E-state index contributed by atoms with van der Waals surface area (Å²) in [4.78, 5) is 4.69. The molecule has 0 N–H and O–H groups in total. The maximum absolute atomic E-state index is 9.16. The Hall–Kier alpha value is -2.22. The average molecular weight is 335 g/mol. The first-order valence-corrected chi connectivity index (χ1v) is 7.08. The molecule has 0 heterocycles. The van der Waals surface area contributed by atoms with Gasteiger partial charge < -0.3 is 9.57 Å². The van der Waals surface area contributed by atoms with Gasteiger partial charge in [0, 0.05) is 16.7 Å². The highest BCUT2D eigenvalue weighted by atomic mass is 35.5. The molecule has 0 atom stereocenters. The third kappa shape index (κ3) is 3.91. The lowest BCUT2D eigenvalue weighted by Gasteiger charge is -2.11. The molecule has 112 valence electrons. The average Bonchev–Trinajstić information content (AvgIpc) is 2.54. The summed E-state index contributed by atoms with van der Waals surface area (Å²) in [7, 11) is 1.39. The molecule has 0 aliphatic rings. The molecule has 0 aliphatic heterocycles. The predicted octanol–water partition coefficient (Wildman–Crippen LogP) is 4.45. The number of rotatable bonds is 5. The van der Waals surface area contributed by atoms with Crippen LogP contribution >= 0.6 is 23.2 Å². The van der Waals surface area contributed by atoms with Crippen molar-refractivity contribution in [3.63, 3.8) is 0 Å². The van der Waals surface area contributed by atoms with Crippen LogP contribution in [0.3, 0.4) is 0 Å². The number of hydrogen-bond donors (Lipinski definition) is 0. The second kappa shape index (κ2) is 7.69. The third-order valence-corrected chi connectivity index (χ3v) is 3.38. The monoisotopic (exact) mass is 334 g/mol. The molecule has 0 aromatic heterocycles. The minimum atomic E-state index is 0.180. The standard InChI is InChI=1S/C16H12Cl2N2O2/c1-21-20-15(9-19)13-5-3-2-4-11(13)10-22-16-8-12(17)6-7-14(16)18/h2-8H,10H2,1H3/b20-15-. The first-order valence-electron chi connectivity index (χ1n) is 6.33. The van der Waals surface area contributed by atoms with Crippen LogP contribution in [-0.4, -0.2) is 12.8 Å². The molecule has 2 rings (SSSR count). The van der Waals surface area contributed by atoms with E-state index in [1.807, 2.05) is 24.3 Å². The van der Waals surface area contributed by atoms with Crippen molar-refractivity contribution in [2.75, 3.05) is 7.11 Å². The fraction of sp³-hybridized carbons (Fsp3) is 0.125. The summed E-state index contributed by atoms with van der Waals surface area (Å²) < 4.78 is 5.70. The number of oxime groups is 1. The summed E-state index contributed by atoms with van der Waals surface area (Å²) in [6.45, 7) is 0.223. The Labute approximate surface area is 138 Å². The van der Waals surface area contributed by atoms with E-state index in [4.69, 9.17) is 33.2 Å². The molecule has 2 aromatic carbocycles. The van der Waals surface area contributed by atoms with Gasteiger partial charge in [-0.3, -0.25) is 0 Å². The zero-order chi connectivity index (χ0) is 15.9. The molecule has 4 nitrogen and oxygen atoms in total. The molecule has 22 heavy (non-hydrogen) atoms. The van der Waals surface area contributed by atoms with Gasteiger partial charge in [0.15, 0.2) is 5.71 Å². The van der Waals surface area contributed by atoms with Gasteiger partial charge >= 0.3 is 0 Å². The van der Waals surface area contributed by atoms with Crippen LogP contribution in [0.2, 0.25) is 10.0 Å². The van der Waals surface area contributed by atoms with Crippen LogP contribution in [0.15, 0.2) is 47.6 Å². The summed E-state index contributed by atoms with van der Waals surface area (Å²) >= 11 is 12.0. The van der Waals surface area contributed by atoms with Crippen LogP contribution in [0.25, 0.3) is 0 Å². The molecule has 0 saturated carbocycles. The Morgan fingerprint density at radius 2 is 2.00 bits per heavy atom. The Balaban J connectivity index is 2.26. The molecular formula is C16H12Cl2N2O2. The van der Waals surface area contributed by atoms with Gasteiger partial charge in [-0.1, -0.05) is 52.6 Å². The fourth-order valence-corrected chi connectivity index (χ4v) is 2.18. The molecule has 0 amide bonds. The third-order valence-electron chi connectivity index (χ3n) is 2.84. The van der Waals surface area contributed by atoms with E-state index in [0.717, 1.165) is 5.56 Å². The van der Waals surface area contributed by atoms with Crippen LogP contribution < -0.4 is 4.74 Å². The topological polar surface area (TPSA) is 54.6 Å². The van der Waals surface area contributed by atoms with Crippen molar-refractivity contribution in [1.29, 1.82) is 5.26 Å². The van der Waals surface area contributed by atoms with Gasteiger partial charge in [0.25, 0.3) is 0 Å². The number of ether oxygens (including phenoxy) is 1.